The molecule has 0 unspecified atom stereocenters. The molecule has 5 heteroatoms. The fourth-order valence-electron chi connectivity index (χ4n) is 2.03. The van der Waals surface area contributed by atoms with Crippen molar-refractivity contribution in [2.75, 3.05) is 11.5 Å². The standard InChI is InChI=1S/C13H11ClN4/c14-10-4-2-1-3-8(10)9-7-11(15)13-17-5-6-18(13)12(9)16/h1-7H,15-16H2. The highest BCUT2D eigenvalue weighted by Crippen LogP contribution is 2.34. The number of fused-ring (bicyclic) bond motifs is 1. The smallest absolute Gasteiger partial charge is 0.161 e. The number of aromatic nitrogens is 2. The number of benzene rings is 1. The van der Waals surface area contributed by atoms with E-state index >= 15 is 0 Å². The van der Waals surface area contributed by atoms with Gasteiger partial charge in [0.1, 0.15) is 5.82 Å². The summed E-state index contributed by atoms with van der Waals surface area (Å²) < 4.78 is 1.76. The Morgan fingerprint density at radius 1 is 1.11 bits per heavy atom. The lowest BCUT2D eigenvalue weighted by atomic mass is 10.1. The topological polar surface area (TPSA) is 69.3 Å². The molecule has 3 rings (SSSR count). The molecule has 3 aromatic rings. The van der Waals surface area contributed by atoms with Crippen LogP contribution in [-0.2, 0) is 0 Å². The van der Waals surface area contributed by atoms with E-state index in [1.54, 1.807) is 22.9 Å². The average molecular weight is 259 g/mol. The van der Waals surface area contributed by atoms with Gasteiger partial charge in [-0.05, 0) is 12.1 Å². The van der Waals surface area contributed by atoms with Gasteiger partial charge in [-0.1, -0.05) is 29.8 Å². The quantitative estimate of drug-likeness (QED) is 0.705. The third-order valence-corrected chi connectivity index (χ3v) is 3.23. The summed E-state index contributed by atoms with van der Waals surface area (Å²) in [4.78, 5) is 4.16. The normalized spacial score (nSPS) is 10.9. The number of pyridine rings is 1. The van der Waals surface area contributed by atoms with Crippen molar-refractivity contribution in [2.45, 2.75) is 0 Å². The predicted molar refractivity (Wildman–Crippen MR) is 74.5 cm³/mol. The fraction of sp³-hybridized carbons (Fsp3) is 0. The number of nitrogens with zero attached hydrogens (tertiary/aromatic N) is 2. The van der Waals surface area contributed by atoms with Gasteiger partial charge in [0.2, 0.25) is 0 Å². The second kappa shape index (κ2) is 3.92. The molecule has 2 heterocycles. The predicted octanol–water partition coefficient (Wildman–Crippen LogP) is 2.82. The van der Waals surface area contributed by atoms with Crippen molar-refractivity contribution in [1.82, 2.24) is 9.38 Å². The summed E-state index contributed by atoms with van der Waals surface area (Å²) in [6, 6.07) is 9.33. The molecule has 0 aliphatic heterocycles. The third-order valence-electron chi connectivity index (χ3n) is 2.90. The van der Waals surface area contributed by atoms with Gasteiger partial charge in [-0.25, -0.2) is 4.98 Å². The maximum absolute atomic E-state index is 6.19. The van der Waals surface area contributed by atoms with Crippen LogP contribution in [0.15, 0.2) is 42.7 Å². The Labute approximate surface area is 109 Å². The number of hydrogen-bond acceptors (Lipinski definition) is 3. The van der Waals surface area contributed by atoms with Gasteiger partial charge in [0.05, 0.1) is 5.69 Å². The Kier molecular flexibility index (Phi) is 2.38. The summed E-state index contributed by atoms with van der Waals surface area (Å²) in [6.07, 6.45) is 3.44. The minimum atomic E-state index is 0.573. The van der Waals surface area contributed by atoms with Crippen LogP contribution in [0.3, 0.4) is 0 Å². The number of nitrogen functional groups attached to an aromatic ring is 2. The summed E-state index contributed by atoms with van der Waals surface area (Å²) in [5.41, 5.74) is 15.0. The summed E-state index contributed by atoms with van der Waals surface area (Å²) >= 11 is 6.19. The highest BCUT2D eigenvalue weighted by Gasteiger charge is 2.12. The van der Waals surface area contributed by atoms with Gasteiger partial charge in [-0.3, -0.25) is 4.40 Å². The first kappa shape index (κ1) is 10.9. The van der Waals surface area contributed by atoms with Gasteiger partial charge < -0.3 is 11.5 Å². The number of nitrogens with two attached hydrogens (primary N) is 2. The van der Waals surface area contributed by atoms with E-state index in [0.717, 1.165) is 11.1 Å². The van der Waals surface area contributed by atoms with Crippen molar-refractivity contribution in [1.29, 1.82) is 0 Å². The van der Waals surface area contributed by atoms with E-state index in [9.17, 15) is 0 Å². The van der Waals surface area contributed by atoms with Gasteiger partial charge in [0, 0.05) is 28.5 Å². The molecule has 0 aliphatic carbocycles. The van der Waals surface area contributed by atoms with Crippen LogP contribution < -0.4 is 11.5 Å². The summed E-state index contributed by atoms with van der Waals surface area (Å²) in [7, 11) is 0. The zero-order valence-corrected chi connectivity index (χ0v) is 10.2. The molecule has 0 saturated heterocycles. The van der Waals surface area contributed by atoms with Crippen LogP contribution in [0.1, 0.15) is 0 Å². The van der Waals surface area contributed by atoms with Crippen molar-refractivity contribution in [3.63, 3.8) is 0 Å². The molecule has 0 fully saturated rings. The fourth-order valence-corrected chi connectivity index (χ4v) is 2.27. The van der Waals surface area contributed by atoms with Gasteiger partial charge >= 0.3 is 0 Å². The maximum Gasteiger partial charge on any atom is 0.161 e. The molecule has 0 bridgehead atoms. The van der Waals surface area contributed by atoms with Crippen LogP contribution in [0.5, 0.6) is 0 Å². The first-order valence-electron chi connectivity index (χ1n) is 5.44. The molecule has 0 saturated carbocycles. The molecule has 4 nitrogen and oxygen atoms in total. The summed E-state index contributed by atoms with van der Waals surface area (Å²) in [6.45, 7) is 0. The van der Waals surface area contributed by atoms with Crippen molar-refractivity contribution in [3.05, 3.63) is 47.7 Å². The van der Waals surface area contributed by atoms with Crippen LogP contribution in [-0.4, -0.2) is 9.38 Å². The van der Waals surface area contributed by atoms with E-state index in [-0.39, 0.29) is 0 Å². The van der Waals surface area contributed by atoms with E-state index in [1.165, 1.54) is 0 Å². The van der Waals surface area contributed by atoms with Crippen molar-refractivity contribution >= 4 is 28.8 Å². The number of anilines is 2. The van der Waals surface area contributed by atoms with E-state index in [2.05, 4.69) is 4.98 Å². The van der Waals surface area contributed by atoms with E-state index < -0.39 is 0 Å². The van der Waals surface area contributed by atoms with Crippen molar-refractivity contribution in [3.8, 4) is 11.1 Å². The minimum absolute atomic E-state index is 0.573. The molecule has 0 spiro atoms. The lowest BCUT2D eigenvalue weighted by molar-refractivity contribution is 1.20. The van der Waals surface area contributed by atoms with Crippen molar-refractivity contribution in [2.24, 2.45) is 0 Å². The average Bonchev–Trinajstić information content (AvgIpc) is 2.85. The second-order valence-electron chi connectivity index (χ2n) is 4.00. The molecule has 0 aliphatic rings. The SMILES string of the molecule is Nc1cc(-c2ccccc2Cl)c(N)n2ccnc12. The first-order valence-corrected chi connectivity index (χ1v) is 5.82. The Morgan fingerprint density at radius 3 is 2.67 bits per heavy atom. The molecule has 1 aromatic carbocycles. The molecule has 0 radical (unpaired) electrons. The number of imidazole rings is 1. The summed E-state index contributed by atoms with van der Waals surface area (Å²) in [5.74, 6) is 0.574. The Hall–Kier alpha value is -2.20. The molecule has 4 N–H and O–H groups in total. The van der Waals surface area contributed by atoms with Gasteiger partial charge in [-0.15, -0.1) is 0 Å². The molecular weight excluding hydrogens is 248 g/mol. The van der Waals surface area contributed by atoms with Gasteiger partial charge in [0.15, 0.2) is 5.65 Å². The Balaban J connectivity index is 2.36. The lowest BCUT2D eigenvalue weighted by Crippen LogP contribution is -2.02. The minimum Gasteiger partial charge on any atom is -0.396 e. The highest BCUT2D eigenvalue weighted by atomic mass is 35.5. The molecular formula is C13H11ClN4. The number of hydrogen-bond donors (Lipinski definition) is 2. The molecule has 0 atom stereocenters. The van der Waals surface area contributed by atoms with E-state index in [0.29, 0.717) is 22.2 Å². The van der Waals surface area contributed by atoms with Crippen LogP contribution in [0.4, 0.5) is 11.5 Å². The second-order valence-corrected chi connectivity index (χ2v) is 4.41. The van der Waals surface area contributed by atoms with Gasteiger partial charge in [-0.2, -0.15) is 0 Å². The Morgan fingerprint density at radius 2 is 1.89 bits per heavy atom. The third kappa shape index (κ3) is 1.50. The lowest BCUT2D eigenvalue weighted by Gasteiger charge is -2.11. The van der Waals surface area contributed by atoms with Gasteiger partial charge in [0.25, 0.3) is 0 Å². The van der Waals surface area contributed by atoms with Crippen LogP contribution in [0, 0.1) is 0 Å². The number of rotatable bonds is 1. The molecule has 2 aromatic heterocycles. The first-order chi connectivity index (χ1) is 8.68. The molecule has 0 amide bonds. The van der Waals surface area contributed by atoms with Crippen LogP contribution in [0.2, 0.25) is 5.02 Å². The van der Waals surface area contributed by atoms with E-state index in [4.69, 9.17) is 23.1 Å². The zero-order chi connectivity index (χ0) is 12.7. The highest BCUT2D eigenvalue weighted by molar-refractivity contribution is 6.33. The van der Waals surface area contributed by atoms with E-state index in [1.807, 2.05) is 24.3 Å². The Bertz CT molecular complexity index is 733. The summed E-state index contributed by atoms with van der Waals surface area (Å²) in [5, 5.41) is 0.642. The molecule has 90 valence electrons. The maximum atomic E-state index is 6.19. The molecule has 18 heavy (non-hydrogen) atoms. The monoisotopic (exact) mass is 258 g/mol. The van der Waals surface area contributed by atoms with Crippen molar-refractivity contribution < 1.29 is 0 Å². The largest absolute Gasteiger partial charge is 0.396 e. The van der Waals surface area contributed by atoms with Crippen LogP contribution in [0.25, 0.3) is 16.8 Å². The number of halogens is 1. The zero-order valence-electron chi connectivity index (χ0n) is 9.47. The van der Waals surface area contributed by atoms with Crippen LogP contribution >= 0.6 is 11.6 Å².